The highest BCUT2D eigenvalue weighted by atomic mass is 32.1. The van der Waals surface area contributed by atoms with Crippen molar-refractivity contribution in [2.45, 2.75) is 37.8 Å². The third-order valence-corrected chi connectivity index (χ3v) is 4.70. The molecule has 1 aromatic heterocycles. The molecule has 0 amide bonds. The van der Waals surface area contributed by atoms with Crippen molar-refractivity contribution in [2.75, 3.05) is 13.2 Å². The average Bonchev–Trinajstić information content (AvgIpc) is 2.89. The van der Waals surface area contributed by atoms with Gasteiger partial charge in [-0.1, -0.05) is 0 Å². The Labute approximate surface area is 94.6 Å². The molecule has 0 spiro atoms. The summed E-state index contributed by atoms with van der Waals surface area (Å²) in [6.45, 7) is 4.32. The standard InChI is InChI=1S/C12H17NOS/c1-12(11-3-2-7-14-11)9-5-8-15-10(9)4-6-13-12/h5,8,11,13H,2-4,6-7H2,1H3. The number of ether oxygens (including phenoxy) is 1. The molecule has 0 saturated carbocycles. The molecule has 2 atom stereocenters. The van der Waals surface area contributed by atoms with Crippen LogP contribution in [-0.4, -0.2) is 19.3 Å². The van der Waals surface area contributed by atoms with E-state index in [0.717, 1.165) is 13.2 Å². The maximum Gasteiger partial charge on any atom is 0.0796 e. The highest BCUT2D eigenvalue weighted by Crippen LogP contribution is 2.38. The summed E-state index contributed by atoms with van der Waals surface area (Å²) >= 11 is 1.89. The molecule has 1 aromatic rings. The van der Waals surface area contributed by atoms with E-state index in [1.54, 1.807) is 4.88 Å². The van der Waals surface area contributed by atoms with Crippen LogP contribution in [0.3, 0.4) is 0 Å². The summed E-state index contributed by atoms with van der Waals surface area (Å²) in [7, 11) is 0. The molecule has 2 unspecified atom stereocenters. The third-order valence-electron chi connectivity index (χ3n) is 3.72. The van der Waals surface area contributed by atoms with Gasteiger partial charge in [0.15, 0.2) is 0 Å². The summed E-state index contributed by atoms with van der Waals surface area (Å²) in [5.41, 5.74) is 1.54. The highest BCUT2D eigenvalue weighted by Gasteiger charge is 2.41. The summed E-state index contributed by atoms with van der Waals surface area (Å²) in [4.78, 5) is 1.55. The molecule has 3 heteroatoms. The van der Waals surface area contributed by atoms with Gasteiger partial charge in [0.2, 0.25) is 0 Å². The SMILES string of the molecule is CC1(C2CCCO2)NCCc2sccc21. The van der Waals surface area contributed by atoms with Crippen molar-refractivity contribution in [3.05, 3.63) is 21.9 Å². The van der Waals surface area contributed by atoms with Crippen molar-refractivity contribution in [3.8, 4) is 0 Å². The molecular formula is C12H17NOS. The molecule has 2 aliphatic heterocycles. The monoisotopic (exact) mass is 223 g/mol. The Morgan fingerprint density at radius 1 is 1.60 bits per heavy atom. The lowest BCUT2D eigenvalue weighted by Gasteiger charge is -2.39. The van der Waals surface area contributed by atoms with E-state index in [-0.39, 0.29) is 5.54 Å². The highest BCUT2D eigenvalue weighted by molar-refractivity contribution is 7.10. The van der Waals surface area contributed by atoms with Crippen LogP contribution >= 0.6 is 11.3 Å². The van der Waals surface area contributed by atoms with Gasteiger partial charge in [-0.3, -0.25) is 0 Å². The fourth-order valence-electron chi connectivity index (χ4n) is 2.85. The molecule has 3 heterocycles. The molecule has 1 N–H and O–H groups in total. The Kier molecular flexibility index (Phi) is 2.34. The predicted molar refractivity (Wildman–Crippen MR) is 62.4 cm³/mol. The van der Waals surface area contributed by atoms with E-state index in [2.05, 4.69) is 23.7 Å². The fourth-order valence-corrected chi connectivity index (χ4v) is 3.84. The Hall–Kier alpha value is -0.380. The Balaban J connectivity index is 1.99. The first-order valence-electron chi connectivity index (χ1n) is 5.74. The maximum absolute atomic E-state index is 5.86. The van der Waals surface area contributed by atoms with Gasteiger partial charge >= 0.3 is 0 Å². The maximum atomic E-state index is 5.86. The molecule has 3 rings (SSSR count). The zero-order chi connectivity index (χ0) is 10.3. The van der Waals surface area contributed by atoms with Crippen molar-refractivity contribution in [1.29, 1.82) is 0 Å². The van der Waals surface area contributed by atoms with Crippen LogP contribution < -0.4 is 5.32 Å². The number of fused-ring (bicyclic) bond motifs is 1. The van der Waals surface area contributed by atoms with Crippen LogP contribution in [0.4, 0.5) is 0 Å². The first kappa shape index (κ1) is 9.82. The molecule has 0 aliphatic carbocycles. The lowest BCUT2D eigenvalue weighted by atomic mass is 9.82. The lowest BCUT2D eigenvalue weighted by molar-refractivity contribution is 0.0313. The fraction of sp³-hybridized carbons (Fsp3) is 0.667. The molecule has 0 radical (unpaired) electrons. The van der Waals surface area contributed by atoms with Gasteiger partial charge < -0.3 is 10.1 Å². The van der Waals surface area contributed by atoms with Gasteiger partial charge in [0.1, 0.15) is 0 Å². The van der Waals surface area contributed by atoms with Gasteiger partial charge in [0.05, 0.1) is 11.6 Å². The van der Waals surface area contributed by atoms with Crippen LogP contribution in [0.2, 0.25) is 0 Å². The Morgan fingerprint density at radius 2 is 2.53 bits per heavy atom. The zero-order valence-electron chi connectivity index (χ0n) is 9.08. The molecule has 2 aliphatic rings. The van der Waals surface area contributed by atoms with E-state index in [4.69, 9.17) is 4.74 Å². The summed E-state index contributed by atoms with van der Waals surface area (Å²) in [6, 6.07) is 2.27. The van der Waals surface area contributed by atoms with E-state index in [1.165, 1.54) is 24.8 Å². The van der Waals surface area contributed by atoms with Crippen molar-refractivity contribution in [2.24, 2.45) is 0 Å². The average molecular weight is 223 g/mol. The van der Waals surface area contributed by atoms with Crippen LogP contribution in [0, 0.1) is 0 Å². The molecule has 0 bridgehead atoms. The van der Waals surface area contributed by atoms with Crippen LogP contribution in [0.25, 0.3) is 0 Å². The second kappa shape index (κ2) is 3.58. The van der Waals surface area contributed by atoms with Gasteiger partial charge in [0, 0.05) is 18.0 Å². The lowest BCUT2D eigenvalue weighted by Crippen LogP contribution is -2.52. The summed E-state index contributed by atoms with van der Waals surface area (Å²) in [6.07, 6.45) is 3.95. The minimum Gasteiger partial charge on any atom is -0.376 e. The van der Waals surface area contributed by atoms with Gasteiger partial charge in [-0.15, -0.1) is 11.3 Å². The number of hydrogen-bond acceptors (Lipinski definition) is 3. The van der Waals surface area contributed by atoms with Crippen molar-refractivity contribution >= 4 is 11.3 Å². The molecule has 1 fully saturated rings. The van der Waals surface area contributed by atoms with Crippen LogP contribution in [0.1, 0.15) is 30.2 Å². The molecule has 1 saturated heterocycles. The molecule has 82 valence electrons. The van der Waals surface area contributed by atoms with E-state index < -0.39 is 0 Å². The van der Waals surface area contributed by atoms with Gasteiger partial charge in [-0.2, -0.15) is 0 Å². The van der Waals surface area contributed by atoms with E-state index in [9.17, 15) is 0 Å². The first-order valence-corrected chi connectivity index (χ1v) is 6.62. The summed E-state index contributed by atoms with van der Waals surface area (Å²) in [5, 5.41) is 5.87. The quantitative estimate of drug-likeness (QED) is 0.788. The number of nitrogens with one attached hydrogen (secondary N) is 1. The number of rotatable bonds is 1. The van der Waals surface area contributed by atoms with Gasteiger partial charge in [-0.05, 0) is 43.2 Å². The Bertz CT molecular complexity index is 356. The Morgan fingerprint density at radius 3 is 3.33 bits per heavy atom. The van der Waals surface area contributed by atoms with Crippen molar-refractivity contribution in [1.82, 2.24) is 5.32 Å². The van der Waals surface area contributed by atoms with Crippen LogP contribution in [-0.2, 0) is 16.7 Å². The summed E-state index contributed by atoms with van der Waals surface area (Å²) in [5.74, 6) is 0. The van der Waals surface area contributed by atoms with Gasteiger partial charge in [-0.25, -0.2) is 0 Å². The topological polar surface area (TPSA) is 21.3 Å². The van der Waals surface area contributed by atoms with E-state index in [0.29, 0.717) is 6.10 Å². The molecule has 15 heavy (non-hydrogen) atoms. The van der Waals surface area contributed by atoms with Crippen LogP contribution in [0.15, 0.2) is 11.4 Å². The molecule has 0 aromatic carbocycles. The normalized spacial score (nSPS) is 35.4. The zero-order valence-corrected chi connectivity index (χ0v) is 9.90. The number of thiophene rings is 1. The minimum absolute atomic E-state index is 0.0596. The predicted octanol–water partition coefficient (Wildman–Crippen LogP) is 2.29. The second-order valence-electron chi connectivity index (χ2n) is 4.64. The number of hydrogen-bond donors (Lipinski definition) is 1. The molecular weight excluding hydrogens is 206 g/mol. The largest absolute Gasteiger partial charge is 0.376 e. The van der Waals surface area contributed by atoms with Crippen LogP contribution in [0.5, 0.6) is 0 Å². The van der Waals surface area contributed by atoms with Gasteiger partial charge in [0.25, 0.3) is 0 Å². The minimum atomic E-state index is 0.0596. The summed E-state index contributed by atoms with van der Waals surface area (Å²) < 4.78 is 5.86. The first-order chi connectivity index (χ1) is 7.31. The van der Waals surface area contributed by atoms with E-state index >= 15 is 0 Å². The second-order valence-corrected chi connectivity index (χ2v) is 5.64. The van der Waals surface area contributed by atoms with Crippen molar-refractivity contribution in [3.63, 3.8) is 0 Å². The van der Waals surface area contributed by atoms with Crippen molar-refractivity contribution < 1.29 is 4.74 Å². The van der Waals surface area contributed by atoms with E-state index in [1.807, 2.05) is 11.3 Å². The smallest absolute Gasteiger partial charge is 0.0796 e. The molecule has 2 nitrogen and oxygen atoms in total. The third kappa shape index (κ3) is 1.45.